The molecule has 0 unspecified atom stereocenters. The highest BCUT2D eigenvalue weighted by atomic mass is 16.2. The molecule has 0 atom stereocenters. The molecule has 5 nitrogen and oxygen atoms in total. The maximum atomic E-state index is 12.2. The molecule has 3 rings (SSSR count). The second-order valence-electron chi connectivity index (χ2n) is 6.14. The van der Waals surface area contributed by atoms with Crippen LogP contribution in [0.3, 0.4) is 0 Å². The van der Waals surface area contributed by atoms with Gasteiger partial charge in [0.25, 0.3) is 0 Å². The second kappa shape index (κ2) is 6.86. The van der Waals surface area contributed by atoms with Crippen LogP contribution in [0.4, 0.5) is 0 Å². The highest BCUT2D eigenvalue weighted by Crippen LogP contribution is 2.22. The number of carbonyl (C=O) groups is 2. The summed E-state index contributed by atoms with van der Waals surface area (Å²) in [5, 5.41) is 4.07. The van der Waals surface area contributed by atoms with Gasteiger partial charge in [0, 0.05) is 42.7 Å². The standard InChI is InChI=1S/C18H23N3O2/c1-13-15(14-6-2-3-7-16(14)20-13)12-17(22)19-9-5-11-21-10-4-8-18(21)23/h2-3,6-7,20H,4-5,8-12H2,1H3,(H,19,22). The Labute approximate surface area is 136 Å². The third-order valence-electron chi connectivity index (χ3n) is 4.46. The third-order valence-corrected chi connectivity index (χ3v) is 4.46. The molecule has 2 N–H and O–H groups in total. The summed E-state index contributed by atoms with van der Waals surface area (Å²) in [6, 6.07) is 8.04. The molecule has 1 aliphatic heterocycles. The van der Waals surface area contributed by atoms with Gasteiger partial charge in [0.15, 0.2) is 0 Å². The minimum absolute atomic E-state index is 0.0330. The molecule has 0 saturated carbocycles. The van der Waals surface area contributed by atoms with E-state index in [0.717, 1.165) is 48.1 Å². The molecule has 1 aromatic heterocycles. The molecule has 1 aliphatic rings. The number of likely N-dealkylation sites (tertiary alicyclic amines) is 1. The first-order valence-electron chi connectivity index (χ1n) is 8.26. The third kappa shape index (κ3) is 3.55. The molecule has 5 heteroatoms. The van der Waals surface area contributed by atoms with E-state index in [1.807, 2.05) is 36.1 Å². The number of H-pyrrole nitrogens is 1. The molecule has 1 aromatic carbocycles. The van der Waals surface area contributed by atoms with Crippen molar-refractivity contribution < 1.29 is 9.59 Å². The Bertz CT molecular complexity index is 720. The maximum absolute atomic E-state index is 12.2. The van der Waals surface area contributed by atoms with Crippen molar-refractivity contribution in [2.45, 2.75) is 32.6 Å². The van der Waals surface area contributed by atoms with Crippen molar-refractivity contribution in [1.82, 2.24) is 15.2 Å². The average molecular weight is 313 g/mol. The molecule has 0 bridgehead atoms. The molecule has 1 fully saturated rings. The minimum atomic E-state index is 0.0330. The molecule has 0 radical (unpaired) electrons. The van der Waals surface area contributed by atoms with Crippen molar-refractivity contribution in [3.8, 4) is 0 Å². The lowest BCUT2D eigenvalue weighted by atomic mass is 10.1. The fourth-order valence-electron chi connectivity index (χ4n) is 3.22. The van der Waals surface area contributed by atoms with Gasteiger partial charge in [-0.1, -0.05) is 18.2 Å². The number of nitrogens with zero attached hydrogens (tertiary/aromatic N) is 1. The van der Waals surface area contributed by atoms with Gasteiger partial charge in [0.1, 0.15) is 0 Å². The Hall–Kier alpha value is -2.30. The van der Waals surface area contributed by atoms with Crippen molar-refractivity contribution in [1.29, 1.82) is 0 Å². The van der Waals surface area contributed by atoms with Crippen LogP contribution in [0.15, 0.2) is 24.3 Å². The van der Waals surface area contributed by atoms with Gasteiger partial charge in [-0.25, -0.2) is 0 Å². The van der Waals surface area contributed by atoms with Gasteiger partial charge in [0.2, 0.25) is 11.8 Å². The van der Waals surface area contributed by atoms with Crippen molar-refractivity contribution in [3.63, 3.8) is 0 Å². The number of para-hydroxylation sites is 1. The highest BCUT2D eigenvalue weighted by molar-refractivity contribution is 5.90. The number of benzene rings is 1. The predicted molar refractivity (Wildman–Crippen MR) is 90.2 cm³/mol. The van der Waals surface area contributed by atoms with Crippen LogP contribution >= 0.6 is 0 Å². The van der Waals surface area contributed by atoms with Crippen LogP contribution in [0.1, 0.15) is 30.5 Å². The Morgan fingerprint density at radius 1 is 1.35 bits per heavy atom. The lowest BCUT2D eigenvalue weighted by Crippen LogP contribution is -2.31. The number of hydrogen-bond acceptors (Lipinski definition) is 2. The van der Waals surface area contributed by atoms with Gasteiger partial charge in [-0.05, 0) is 31.4 Å². The summed E-state index contributed by atoms with van der Waals surface area (Å²) >= 11 is 0. The molecule has 2 amide bonds. The summed E-state index contributed by atoms with van der Waals surface area (Å²) in [7, 11) is 0. The van der Waals surface area contributed by atoms with Crippen LogP contribution in [0.2, 0.25) is 0 Å². The number of aromatic amines is 1. The fourth-order valence-corrected chi connectivity index (χ4v) is 3.22. The van der Waals surface area contributed by atoms with E-state index in [-0.39, 0.29) is 11.8 Å². The summed E-state index contributed by atoms with van der Waals surface area (Å²) < 4.78 is 0. The number of aryl methyl sites for hydroxylation is 1. The van der Waals surface area contributed by atoms with Gasteiger partial charge in [-0.3, -0.25) is 9.59 Å². The Morgan fingerprint density at radius 3 is 2.96 bits per heavy atom. The largest absolute Gasteiger partial charge is 0.358 e. The Balaban J connectivity index is 1.49. The second-order valence-corrected chi connectivity index (χ2v) is 6.14. The first-order chi connectivity index (χ1) is 11.1. The SMILES string of the molecule is Cc1[nH]c2ccccc2c1CC(=O)NCCCN1CCCC1=O. The van der Waals surface area contributed by atoms with E-state index in [1.54, 1.807) is 0 Å². The topological polar surface area (TPSA) is 65.2 Å². The molecule has 2 heterocycles. The summed E-state index contributed by atoms with van der Waals surface area (Å²) in [5.74, 6) is 0.274. The number of rotatable bonds is 6. The zero-order valence-electron chi connectivity index (χ0n) is 13.5. The Kier molecular flexibility index (Phi) is 4.65. The van der Waals surface area contributed by atoms with Crippen molar-refractivity contribution >= 4 is 22.7 Å². The van der Waals surface area contributed by atoms with Crippen LogP contribution in [0.25, 0.3) is 10.9 Å². The lowest BCUT2D eigenvalue weighted by Gasteiger charge is -2.15. The van der Waals surface area contributed by atoms with E-state index in [9.17, 15) is 9.59 Å². The predicted octanol–water partition coefficient (Wildman–Crippen LogP) is 2.15. The maximum Gasteiger partial charge on any atom is 0.224 e. The number of nitrogens with one attached hydrogen (secondary N) is 2. The van der Waals surface area contributed by atoms with E-state index >= 15 is 0 Å². The van der Waals surface area contributed by atoms with Gasteiger partial charge in [-0.15, -0.1) is 0 Å². The van der Waals surface area contributed by atoms with Gasteiger partial charge < -0.3 is 15.2 Å². The Morgan fingerprint density at radius 2 is 2.17 bits per heavy atom. The number of carbonyl (C=O) groups excluding carboxylic acids is 2. The zero-order chi connectivity index (χ0) is 16.2. The molecule has 122 valence electrons. The summed E-state index contributed by atoms with van der Waals surface area (Å²) in [6.45, 7) is 4.22. The summed E-state index contributed by atoms with van der Waals surface area (Å²) in [5.41, 5.74) is 3.18. The van der Waals surface area contributed by atoms with Gasteiger partial charge in [-0.2, -0.15) is 0 Å². The van der Waals surface area contributed by atoms with E-state index in [4.69, 9.17) is 0 Å². The van der Waals surface area contributed by atoms with Gasteiger partial charge in [0.05, 0.1) is 6.42 Å². The van der Waals surface area contributed by atoms with E-state index < -0.39 is 0 Å². The number of aromatic nitrogens is 1. The summed E-state index contributed by atoms with van der Waals surface area (Å²) in [4.78, 5) is 28.9. The van der Waals surface area contributed by atoms with Crippen LogP contribution in [0, 0.1) is 6.92 Å². The van der Waals surface area contributed by atoms with Crippen LogP contribution in [-0.4, -0.2) is 41.3 Å². The lowest BCUT2D eigenvalue weighted by molar-refractivity contribution is -0.127. The highest BCUT2D eigenvalue weighted by Gasteiger charge is 2.19. The molecule has 0 spiro atoms. The number of hydrogen-bond donors (Lipinski definition) is 2. The molecule has 2 aromatic rings. The van der Waals surface area contributed by atoms with Crippen LogP contribution < -0.4 is 5.32 Å². The van der Waals surface area contributed by atoms with Gasteiger partial charge >= 0.3 is 0 Å². The smallest absolute Gasteiger partial charge is 0.224 e. The normalized spacial score (nSPS) is 14.7. The monoisotopic (exact) mass is 313 g/mol. The molecule has 1 saturated heterocycles. The average Bonchev–Trinajstić information content (AvgIpc) is 3.08. The summed E-state index contributed by atoms with van der Waals surface area (Å²) in [6.07, 6.45) is 2.83. The first kappa shape index (κ1) is 15.6. The van der Waals surface area contributed by atoms with E-state index in [1.165, 1.54) is 0 Å². The van der Waals surface area contributed by atoms with Crippen molar-refractivity contribution in [3.05, 3.63) is 35.5 Å². The molecule has 23 heavy (non-hydrogen) atoms. The minimum Gasteiger partial charge on any atom is -0.358 e. The fraction of sp³-hybridized carbons (Fsp3) is 0.444. The number of amides is 2. The molecule has 0 aliphatic carbocycles. The molecular weight excluding hydrogens is 290 g/mol. The van der Waals surface area contributed by atoms with Crippen molar-refractivity contribution in [2.24, 2.45) is 0 Å². The quantitative estimate of drug-likeness (QED) is 0.803. The molecular formula is C18H23N3O2. The van der Waals surface area contributed by atoms with Crippen LogP contribution in [0.5, 0.6) is 0 Å². The van der Waals surface area contributed by atoms with Crippen molar-refractivity contribution in [2.75, 3.05) is 19.6 Å². The van der Waals surface area contributed by atoms with Crippen LogP contribution in [-0.2, 0) is 16.0 Å². The van der Waals surface area contributed by atoms with E-state index in [0.29, 0.717) is 19.4 Å². The number of fused-ring (bicyclic) bond motifs is 1. The zero-order valence-corrected chi connectivity index (χ0v) is 13.5. The van der Waals surface area contributed by atoms with E-state index in [2.05, 4.69) is 10.3 Å². The first-order valence-corrected chi connectivity index (χ1v) is 8.26.